The minimum atomic E-state index is -3.84. The summed E-state index contributed by atoms with van der Waals surface area (Å²) in [6.45, 7) is 2.51. The first kappa shape index (κ1) is 24.0. The number of hydroxylamine groups is 1. The summed E-state index contributed by atoms with van der Waals surface area (Å²) in [6.07, 6.45) is 2.40. The quantitative estimate of drug-likeness (QED) is 0.307. The van der Waals surface area contributed by atoms with E-state index in [-0.39, 0.29) is 25.5 Å². The number of carbonyl (C=O) groups is 2. The first-order valence-electron chi connectivity index (χ1n) is 10.6. The Hall–Kier alpha value is -3.17. The molecule has 2 aliphatic heterocycles. The number of rotatable bonds is 6. The lowest BCUT2D eigenvalue weighted by Gasteiger charge is -2.38. The fourth-order valence-corrected chi connectivity index (χ4v) is 4.76. The number of nitrogens with zero attached hydrogens (tertiary/aromatic N) is 2. The lowest BCUT2D eigenvalue weighted by molar-refractivity contribution is -0.131. The van der Waals surface area contributed by atoms with Crippen LogP contribution in [0.15, 0.2) is 36.5 Å². The van der Waals surface area contributed by atoms with E-state index in [0.717, 1.165) is 17.4 Å². The highest BCUT2D eigenvalue weighted by molar-refractivity contribution is 7.92. The Balaban J connectivity index is 1.42. The average molecular weight is 487 g/mol. The summed E-state index contributed by atoms with van der Waals surface area (Å²) in [5.74, 6) is 5.10. The lowest BCUT2D eigenvalue weighted by Crippen LogP contribution is -2.54. The van der Waals surface area contributed by atoms with Crippen LogP contribution in [0.4, 0.5) is 4.79 Å². The summed E-state index contributed by atoms with van der Waals surface area (Å²) in [5, 5.41) is 8.94. The van der Waals surface area contributed by atoms with Gasteiger partial charge >= 0.3 is 6.03 Å². The Morgan fingerprint density at radius 2 is 1.91 bits per heavy atom. The van der Waals surface area contributed by atoms with Gasteiger partial charge in [-0.05, 0) is 37.1 Å². The third kappa shape index (κ3) is 4.21. The maximum absolute atomic E-state index is 12.8. The molecule has 2 aromatic rings. The molecule has 0 spiro atoms. The van der Waals surface area contributed by atoms with Gasteiger partial charge in [0.1, 0.15) is 0 Å². The van der Waals surface area contributed by atoms with E-state index in [1.54, 1.807) is 12.3 Å². The van der Waals surface area contributed by atoms with Crippen LogP contribution in [0.1, 0.15) is 35.7 Å². The molecule has 3 heterocycles. The number of hydrogen-bond donors (Lipinski definition) is 3. The van der Waals surface area contributed by atoms with E-state index in [1.807, 2.05) is 24.3 Å². The molecule has 0 aliphatic carbocycles. The van der Waals surface area contributed by atoms with Crippen molar-refractivity contribution < 1.29 is 28.0 Å². The Labute approximate surface area is 197 Å². The van der Waals surface area contributed by atoms with Crippen molar-refractivity contribution in [2.24, 2.45) is 5.73 Å². The number of ether oxygens (including phenoxy) is 1. The Morgan fingerprint density at radius 3 is 2.44 bits per heavy atom. The van der Waals surface area contributed by atoms with Crippen LogP contribution in [-0.4, -0.2) is 65.8 Å². The summed E-state index contributed by atoms with van der Waals surface area (Å²) >= 11 is 0. The van der Waals surface area contributed by atoms with Gasteiger partial charge in [-0.25, -0.2) is 18.7 Å². The highest BCUT2D eigenvalue weighted by Crippen LogP contribution is 2.27. The molecule has 0 saturated carbocycles. The van der Waals surface area contributed by atoms with Gasteiger partial charge in [-0.15, -0.1) is 0 Å². The number of nitrogens with two attached hydrogens (primary N) is 1. The SMILES string of the molecule is CC(CCN1Cc2cc(C#Cc3ccc(C4(N)COC4)cc3)cn2C1=O)(C(=O)NO)S(C)(=O)=O. The molecule has 1 aromatic heterocycles. The molecule has 1 atom stereocenters. The Morgan fingerprint density at radius 1 is 1.26 bits per heavy atom. The van der Waals surface area contributed by atoms with E-state index >= 15 is 0 Å². The molecule has 0 bridgehead atoms. The number of hydrogen-bond acceptors (Lipinski definition) is 7. The number of carbonyl (C=O) groups excluding carboxylic acids is 2. The minimum absolute atomic E-state index is 0.0263. The van der Waals surface area contributed by atoms with E-state index in [9.17, 15) is 18.0 Å². The maximum atomic E-state index is 12.8. The highest BCUT2D eigenvalue weighted by Gasteiger charge is 2.44. The predicted octanol–water partition coefficient (Wildman–Crippen LogP) is 0.555. The van der Waals surface area contributed by atoms with Crippen LogP contribution in [0, 0.1) is 11.8 Å². The number of amides is 2. The largest absolute Gasteiger partial charge is 0.377 e. The molecule has 180 valence electrons. The number of sulfone groups is 1. The van der Waals surface area contributed by atoms with Gasteiger partial charge in [-0.2, -0.15) is 0 Å². The minimum Gasteiger partial charge on any atom is -0.377 e. The van der Waals surface area contributed by atoms with E-state index in [2.05, 4.69) is 11.8 Å². The van der Waals surface area contributed by atoms with Gasteiger partial charge in [0.2, 0.25) is 0 Å². The smallest absolute Gasteiger partial charge is 0.328 e. The van der Waals surface area contributed by atoms with Gasteiger partial charge in [-0.3, -0.25) is 14.6 Å². The molecular formula is C23H26N4O6S. The van der Waals surface area contributed by atoms with E-state index in [1.165, 1.54) is 21.9 Å². The van der Waals surface area contributed by atoms with Crippen LogP contribution >= 0.6 is 0 Å². The fourth-order valence-electron chi connectivity index (χ4n) is 3.92. The van der Waals surface area contributed by atoms with Crippen LogP contribution in [0.3, 0.4) is 0 Å². The molecular weight excluding hydrogens is 460 g/mol. The molecule has 11 heteroatoms. The molecule has 2 aliphatic rings. The standard InChI is InChI=1S/C23H26N4O6S/c1-22(20(28)25-30,34(2,31)32)9-10-26-13-19-11-17(12-27(19)21(26)29)4-3-16-5-7-18(8-6-16)23(24)14-33-15-23/h5-8,11-12,30H,9-10,13-15,24H2,1-2H3,(H,25,28). The molecule has 1 saturated heterocycles. The zero-order chi connectivity index (χ0) is 24.7. The van der Waals surface area contributed by atoms with E-state index < -0.39 is 26.0 Å². The van der Waals surface area contributed by atoms with Gasteiger partial charge in [0.05, 0.1) is 25.3 Å². The summed E-state index contributed by atoms with van der Waals surface area (Å²) < 4.78 is 29.0. The van der Waals surface area contributed by atoms with Crippen molar-refractivity contribution in [3.63, 3.8) is 0 Å². The third-order valence-electron chi connectivity index (χ3n) is 6.52. The molecule has 1 aromatic carbocycles. The Kier molecular flexibility index (Phi) is 6.03. The normalized spacial score (nSPS) is 18.4. The van der Waals surface area contributed by atoms with Gasteiger partial charge in [-0.1, -0.05) is 24.0 Å². The van der Waals surface area contributed by atoms with Gasteiger partial charge in [0.25, 0.3) is 5.91 Å². The second-order valence-electron chi connectivity index (χ2n) is 8.96. The van der Waals surface area contributed by atoms with Crippen LogP contribution in [0.2, 0.25) is 0 Å². The van der Waals surface area contributed by atoms with E-state index in [4.69, 9.17) is 15.7 Å². The van der Waals surface area contributed by atoms with Crippen molar-refractivity contribution in [3.05, 3.63) is 58.9 Å². The predicted molar refractivity (Wildman–Crippen MR) is 123 cm³/mol. The van der Waals surface area contributed by atoms with E-state index in [0.29, 0.717) is 24.5 Å². The molecule has 10 nitrogen and oxygen atoms in total. The Bertz CT molecular complexity index is 1300. The number of aromatic nitrogens is 1. The van der Waals surface area contributed by atoms with Crippen LogP contribution in [0.5, 0.6) is 0 Å². The van der Waals surface area contributed by atoms with Crippen molar-refractivity contribution in [2.75, 3.05) is 26.0 Å². The van der Waals surface area contributed by atoms with Gasteiger partial charge in [0.15, 0.2) is 14.6 Å². The van der Waals surface area contributed by atoms with Crippen molar-refractivity contribution in [1.82, 2.24) is 14.9 Å². The van der Waals surface area contributed by atoms with Crippen LogP contribution < -0.4 is 11.2 Å². The number of benzene rings is 1. The molecule has 4 N–H and O–H groups in total. The lowest BCUT2D eigenvalue weighted by atomic mass is 9.89. The average Bonchev–Trinajstić information content (AvgIpc) is 3.31. The summed E-state index contributed by atoms with van der Waals surface area (Å²) in [6, 6.07) is 9.14. The summed E-state index contributed by atoms with van der Waals surface area (Å²) in [5.41, 5.74) is 10.4. The molecule has 4 rings (SSSR count). The third-order valence-corrected chi connectivity index (χ3v) is 8.54. The van der Waals surface area contributed by atoms with Crippen LogP contribution in [0.25, 0.3) is 0 Å². The fraction of sp³-hybridized carbons (Fsp3) is 0.391. The van der Waals surface area contributed by atoms with Crippen molar-refractivity contribution in [1.29, 1.82) is 0 Å². The maximum Gasteiger partial charge on any atom is 0.328 e. The van der Waals surface area contributed by atoms with Gasteiger partial charge < -0.3 is 15.4 Å². The molecule has 1 unspecified atom stereocenters. The van der Waals surface area contributed by atoms with Crippen molar-refractivity contribution in [2.45, 2.75) is 30.2 Å². The number of nitrogens with one attached hydrogen (secondary N) is 1. The molecule has 2 amide bonds. The highest BCUT2D eigenvalue weighted by atomic mass is 32.2. The van der Waals surface area contributed by atoms with Gasteiger partial charge in [0, 0.05) is 35.8 Å². The first-order valence-corrected chi connectivity index (χ1v) is 12.5. The van der Waals surface area contributed by atoms with Crippen LogP contribution in [-0.2, 0) is 31.5 Å². The summed E-state index contributed by atoms with van der Waals surface area (Å²) in [4.78, 5) is 26.2. The topological polar surface area (TPSA) is 144 Å². The number of fused-ring (bicyclic) bond motifs is 1. The second-order valence-corrected chi connectivity index (χ2v) is 11.4. The zero-order valence-electron chi connectivity index (χ0n) is 18.9. The molecule has 1 fully saturated rings. The first-order chi connectivity index (χ1) is 16.0. The zero-order valence-corrected chi connectivity index (χ0v) is 19.7. The van der Waals surface area contributed by atoms with Crippen molar-refractivity contribution >= 4 is 21.8 Å². The second kappa shape index (κ2) is 8.56. The van der Waals surface area contributed by atoms with Crippen molar-refractivity contribution in [3.8, 4) is 11.8 Å². The summed E-state index contributed by atoms with van der Waals surface area (Å²) in [7, 11) is -3.84. The molecule has 0 radical (unpaired) electrons. The molecule has 34 heavy (non-hydrogen) atoms. The monoisotopic (exact) mass is 486 g/mol.